The molecule has 2 aromatic carbocycles. The van der Waals surface area contributed by atoms with Crippen molar-refractivity contribution in [1.82, 2.24) is 4.90 Å². The second-order valence-electron chi connectivity index (χ2n) is 7.42. The minimum Gasteiger partial charge on any atom is -0.497 e. The lowest BCUT2D eigenvalue weighted by Crippen LogP contribution is -2.48. The Morgan fingerprint density at radius 1 is 1.10 bits per heavy atom. The van der Waals surface area contributed by atoms with E-state index in [4.69, 9.17) is 4.74 Å². The Labute approximate surface area is 195 Å². The first-order valence-corrected chi connectivity index (χ1v) is 12.1. The number of nitrogens with one attached hydrogen (secondary N) is 1. The summed E-state index contributed by atoms with van der Waals surface area (Å²) in [5.74, 6) is 1.01. The van der Waals surface area contributed by atoms with E-state index < -0.39 is 0 Å². The third kappa shape index (κ3) is 5.22. The molecule has 1 aromatic heterocycles. The number of benzene rings is 2. The fourth-order valence-corrected chi connectivity index (χ4v) is 5.32. The second kappa shape index (κ2) is 10.2. The molecular weight excluding hydrogens is 474 g/mol. The number of thiophene rings is 1. The van der Waals surface area contributed by atoms with Gasteiger partial charge in [0.25, 0.3) is 5.91 Å². The number of piperazine rings is 1. The molecule has 0 bridgehead atoms. The molecule has 1 amide bonds. The van der Waals surface area contributed by atoms with Crippen LogP contribution in [0.15, 0.2) is 64.5 Å². The van der Waals surface area contributed by atoms with E-state index in [1.165, 1.54) is 22.6 Å². The third-order valence-corrected chi connectivity index (χ3v) is 7.31. The van der Waals surface area contributed by atoms with Crippen LogP contribution in [0.25, 0.3) is 0 Å². The third-order valence-electron chi connectivity index (χ3n) is 5.49. The maximum Gasteiger partial charge on any atom is 0.265 e. The molecule has 4 rings (SSSR count). The summed E-state index contributed by atoms with van der Waals surface area (Å²) >= 11 is 4.97. The van der Waals surface area contributed by atoms with Crippen molar-refractivity contribution in [3.8, 4) is 5.75 Å². The van der Waals surface area contributed by atoms with Crippen LogP contribution in [0.3, 0.4) is 0 Å². The molecule has 1 saturated heterocycles. The van der Waals surface area contributed by atoms with Gasteiger partial charge in [0.05, 0.1) is 18.5 Å². The van der Waals surface area contributed by atoms with Crippen LogP contribution in [-0.2, 0) is 6.42 Å². The minimum atomic E-state index is 0.117. The van der Waals surface area contributed by atoms with Crippen LogP contribution < -0.4 is 15.0 Å². The SMILES string of the molecule is COc1cccc(CCNc2ccccc2N2CCN(C(=O)c3sccc3Br)CC2)c1. The van der Waals surface area contributed by atoms with Crippen LogP contribution in [0.4, 0.5) is 11.4 Å². The number of hydrogen-bond donors (Lipinski definition) is 1. The fourth-order valence-electron chi connectivity index (χ4n) is 3.81. The van der Waals surface area contributed by atoms with Crippen molar-refractivity contribution in [2.45, 2.75) is 6.42 Å². The maximum atomic E-state index is 12.8. The van der Waals surface area contributed by atoms with Crippen molar-refractivity contribution in [1.29, 1.82) is 0 Å². The number of nitrogens with zero attached hydrogens (tertiary/aromatic N) is 2. The van der Waals surface area contributed by atoms with Crippen molar-refractivity contribution in [2.75, 3.05) is 50.1 Å². The van der Waals surface area contributed by atoms with E-state index in [1.807, 2.05) is 28.5 Å². The van der Waals surface area contributed by atoms with Gasteiger partial charge in [0.2, 0.25) is 0 Å². The van der Waals surface area contributed by atoms with Crippen molar-refractivity contribution in [3.63, 3.8) is 0 Å². The molecule has 162 valence electrons. The Hall–Kier alpha value is -2.51. The molecule has 7 heteroatoms. The van der Waals surface area contributed by atoms with E-state index in [-0.39, 0.29) is 5.91 Å². The van der Waals surface area contributed by atoms with Gasteiger partial charge in [-0.1, -0.05) is 24.3 Å². The van der Waals surface area contributed by atoms with E-state index in [9.17, 15) is 4.79 Å². The van der Waals surface area contributed by atoms with Crippen molar-refractivity contribution < 1.29 is 9.53 Å². The molecule has 0 atom stereocenters. The number of anilines is 2. The number of carbonyl (C=O) groups excluding carboxylic acids is 1. The topological polar surface area (TPSA) is 44.8 Å². The zero-order valence-electron chi connectivity index (χ0n) is 17.5. The number of para-hydroxylation sites is 2. The number of methoxy groups -OCH3 is 1. The molecular formula is C24H26BrN3O2S. The van der Waals surface area contributed by atoms with Gasteiger partial charge in [-0.25, -0.2) is 0 Å². The van der Waals surface area contributed by atoms with Gasteiger partial charge >= 0.3 is 0 Å². The van der Waals surface area contributed by atoms with E-state index >= 15 is 0 Å². The summed E-state index contributed by atoms with van der Waals surface area (Å²) in [6.45, 7) is 3.93. The molecule has 3 aromatic rings. The van der Waals surface area contributed by atoms with Crippen molar-refractivity contribution in [3.05, 3.63) is 74.9 Å². The fraction of sp³-hybridized carbons (Fsp3) is 0.292. The van der Waals surface area contributed by atoms with Crippen molar-refractivity contribution >= 4 is 44.5 Å². The summed E-state index contributed by atoms with van der Waals surface area (Å²) in [6.07, 6.45) is 0.920. The molecule has 0 unspecified atom stereocenters. The lowest BCUT2D eigenvalue weighted by Gasteiger charge is -2.37. The monoisotopic (exact) mass is 499 g/mol. The first-order chi connectivity index (χ1) is 15.2. The predicted octanol–water partition coefficient (Wildman–Crippen LogP) is 5.14. The van der Waals surface area contributed by atoms with Gasteiger partial charge in [0.15, 0.2) is 0 Å². The minimum absolute atomic E-state index is 0.117. The van der Waals surface area contributed by atoms with Crippen molar-refractivity contribution in [2.24, 2.45) is 0 Å². The number of carbonyl (C=O) groups is 1. The van der Waals surface area contributed by atoms with Crippen LogP contribution in [-0.4, -0.2) is 50.6 Å². The average Bonchev–Trinajstić information content (AvgIpc) is 3.25. The lowest BCUT2D eigenvalue weighted by molar-refractivity contribution is 0.0751. The molecule has 2 heterocycles. The Morgan fingerprint density at radius 2 is 1.90 bits per heavy atom. The first kappa shape index (κ1) is 21.7. The van der Waals surface area contributed by atoms with Gasteiger partial charge in [-0.15, -0.1) is 11.3 Å². The number of amides is 1. The highest BCUT2D eigenvalue weighted by Gasteiger charge is 2.25. The molecule has 0 saturated carbocycles. The predicted molar refractivity (Wildman–Crippen MR) is 132 cm³/mol. The zero-order chi connectivity index (χ0) is 21.6. The largest absolute Gasteiger partial charge is 0.497 e. The number of hydrogen-bond acceptors (Lipinski definition) is 5. The molecule has 31 heavy (non-hydrogen) atoms. The number of ether oxygens (including phenoxy) is 1. The van der Waals surface area contributed by atoms with Gasteiger partial charge in [-0.05, 0) is 63.6 Å². The standard InChI is InChI=1S/C24H26BrN3O2S/c1-30-19-6-4-5-18(17-19)9-11-26-21-7-2-3-8-22(21)27-12-14-28(15-13-27)24(29)23-20(25)10-16-31-23/h2-8,10,16-17,26H,9,11-15H2,1H3. The maximum absolute atomic E-state index is 12.8. The molecule has 5 nitrogen and oxygen atoms in total. The summed E-state index contributed by atoms with van der Waals surface area (Å²) in [6, 6.07) is 18.5. The molecule has 0 aliphatic carbocycles. The van der Waals surface area contributed by atoms with Gasteiger partial charge in [-0.2, -0.15) is 0 Å². The van der Waals surface area contributed by atoms with Gasteiger partial charge < -0.3 is 19.9 Å². The Balaban J connectivity index is 1.35. The Bertz CT molecular complexity index is 1030. The highest BCUT2D eigenvalue weighted by molar-refractivity contribution is 9.10. The van der Waals surface area contributed by atoms with E-state index in [1.54, 1.807) is 7.11 Å². The molecule has 1 N–H and O–H groups in total. The van der Waals surface area contributed by atoms with Gasteiger partial charge in [0, 0.05) is 37.2 Å². The highest BCUT2D eigenvalue weighted by atomic mass is 79.9. The van der Waals surface area contributed by atoms with Crippen LogP contribution >= 0.6 is 27.3 Å². The zero-order valence-corrected chi connectivity index (χ0v) is 19.9. The van der Waals surface area contributed by atoms with Crippen LogP contribution in [0.5, 0.6) is 5.75 Å². The molecule has 0 radical (unpaired) electrons. The first-order valence-electron chi connectivity index (χ1n) is 10.4. The number of halogens is 1. The van der Waals surface area contributed by atoms with E-state index in [2.05, 4.69) is 62.5 Å². The quantitative estimate of drug-likeness (QED) is 0.488. The smallest absolute Gasteiger partial charge is 0.265 e. The molecule has 1 aliphatic heterocycles. The molecule has 0 spiro atoms. The normalized spacial score (nSPS) is 13.9. The van der Waals surface area contributed by atoms with Gasteiger partial charge in [0.1, 0.15) is 10.6 Å². The van der Waals surface area contributed by atoms with E-state index in [0.29, 0.717) is 0 Å². The van der Waals surface area contributed by atoms with Crippen LogP contribution in [0.2, 0.25) is 0 Å². The highest BCUT2D eigenvalue weighted by Crippen LogP contribution is 2.28. The Morgan fingerprint density at radius 3 is 2.65 bits per heavy atom. The van der Waals surface area contributed by atoms with Crippen LogP contribution in [0, 0.1) is 0 Å². The molecule has 1 fully saturated rings. The second-order valence-corrected chi connectivity index (χ2v) is 9.19. The summed E-state index contributed by atoms with van der Waals surface area (Å²) in [7, 11) is 1.69. The van der Waals surface area contributed by atoms with E-state index in [0.717, 1.165) is 59.9 Å². The summed E-state index contributed by atoms with van der Waals surface area (Å²) in [5.41, 5.74) is 3.57. The summed E-state index contributed by atoms with van der Waals surface area (Å²) < 4.78 is 6.20. The van der Waals surface area contributed by atoms with Crippen LogP contribution in [0.1, 0.15) is 15.2 Å². The van der Waals surface area contributed by atoms with Gasteiger partial charge in [-0.3, -0.25) is 4.79 Å². The average molecular weight is 500 g/mol. The number of rotatable bonds is 7. The molecule has 1 aliphatic rings. The summed E-state index contributed by atoms with van der Waals surface area (Å²) in [4.78, 5) is 17.9. The Kier molecular flexibility index (Phi) is 7.14. The lowest BCUT2D eigenvalue weighted by atomic mass is 10.1. The summed E-state index contributed by atoms with van der Waals surface area (Å²) in [5, 5.41) is 5.54.